The third kappa shape index (κ3) is 6.56. The fraction of sp³-hybridized carbons (Fsp3) is 0.429. The van der Waals surface area contributed by atoms with Crippen LogP contribution in [0.3, 0.4) is 0 Å². The van der Waals surface area contributed by atoms with Crippen LogP contribution in [-0.4, -0.2) is 30.1 Å². The van der Waals surface area contributed by atoms with Gasteiger partial charge in [-0.05, 0) is 37.1 Å². The Bertz CT molecular complexity index is 447. The van der Waals surface area contributed by atoms with E-state index >= 15 is 0 Å². The molecule has 0 aliphatic rings. The van der Waals surface area contributed by atoms with Crippen molar-refractivity contribution in [3.63, 3.8) is 0 Å². The second kappa shape index (κ2) is 8.58. The van der Waals surface area contributed by atoms with Crippen LogP contribution in [0.2, 0.25) is 0 Å². The average Bonchev–Trinajstić information content (AvgIpc) is 2.42. The first-order chi connectivity index (χ1) is 9.49. The van der Waals surface area contributed by atoms with E-state index < -0.39 is 5.97 Å². The summed E-state index contributed by atoms with van der Waals surface area (Å²) in [5, 5.41) is 11.4. The van der Waals surface area contributed by atoms with Crippen LogP contribution in [0, 0.1) is 5.92 Å². The van der Waals surface area contributed by atoms with Crippen LogP contribution in [0.1, 0.15) is 19.8 Å². The molecule has 0 aromatic heterocycles. The van der Waals surface area contributed by atoms with Gasteiger partial charge in [0.1, 0.15) is 5.75 Å². The minimum atomic E-state index is -0.810. The highest BCUT2D eigenvalue weighted by molar-refractivity contribution is 9.10. The molecule has 0 saturated heterocycles. The summed E-state index contributed by atoms with van der Waals surface area (Å²) in [6.45, 7) is 2.07. The summed E-state index contributed by atoms with van der Waals surface area (Å²) in [5.74, 6) is -0.778. The van der Waals surface area contributed by atoms with Crippen molar-refractivity contribution in [1.82, 2.24) is 5.32 Å². The molecule has 2 N–H and O–H groups in total. The normalized spacial score (nSPS) is 11.7. The number of hydrogen-bond donors (Lipinski definition) is 2. The molecule has 1 unspecified atom stereocenters. The number of aliphatic carboxylic acids is 1. The molecule has 0 bridgehead atoms. The highest BCUT2D eigenvalue weighted by Crippen LogP contribution is 2.15. The quantitative estimate of drug-likeness (QED) is 0.711. The third-order valence-electron chi connectivity index (χ3n) is 2.74. The maximum atomic E-state index is 11.5. The third-order valence-corrected chi connectivity index (χ3v) is 3.27. The summed E-state index contributed by atoms with van der Waals surface area (Å²) in [7, 11) is 0. The van der Waals surface area contributed by atoms with Gasteiger partial charge < -0.3 is 15.2 Å². The number of carboxylic acids is 1. The molecule has 20 heavy (non-hydrogen) atoms. The molecule has 0 heterocycles. The van der Waals surface area contributed by atoms with E-state index in [-0.39, 0.29) is 18.4 Å². The van der Waals surface area contributed by atoms with Crippen molar-refractivity contribution < 1.29 is 19.4 Å². The predicted molar refractivity (Wildman–Crippen MR) is 78.7 cm³/mol. The maximum absolute atomic E-state index is 11.5. The van der Waals surface area contributed by atoms with Gasteiger partial charge in [-0.2, -0.15) is 0 Å². The zero-order chi connectivity index (χ0) is 15.0. The maximum Gasteiger partial charge on any atom is 0.306 e. The van der Waals surface area contributed by atoms with E-state index in [0.717, 1.165) is 4.47 Å². The Labute approximate surface area is 126 Å². The Balaban J connectivity index is 2.14. The zero-order valence-corrected chi connectivity index (χ0v) is 12.9. The summed E-state index contributed by atoms with van der Waals surface area (Å²) in [6, 6.07) is 7.21. The summed E-state index contributed by atoms with van der Waals surface area (Å²) in [5.41, 5.74) is 0. The van der Waals surface area contributed by atoms with E-state index in [0.29, 0.717) is 25.1 Å². The smallest absolute Gasteiger partial charge is 0.306 e. The van der Waals surface area contributed by atoms with Crippen LogP contribution < -0.4 is 10.1 Å². The molecule has 0 spiro atoms. The number of rotatable bonds is 8. The van der Waals surface area contributed by atoms with Gasteiger partial charge in [0.15, 0.2) is 6.61 Å². The van der Waals surface area contributed by atoms with Crippen LogP contribution in [0.15, 0.2) is 28.7 Å². The molecule has 0 fully saturated rings. The summed E-state index contributed by atoms with van der Waals surface area (Å²) < 4.78 is 6.26. The van der Waals surface area contributed by atoms with Gasteiger partial charge in [-0.3, -0.25) is 9.59 Å². The van der Waals surface area contributed by atoms with Gasteiger partial charge in [0.2, 0.25) is 0 Å². The second-order valence-electron chi connectivity index (χ2n) is 4.47. The molecule has 1 amide bonds. The zero-order valence-electron chi connectivity index (χ0n) is 11.3. The summed E-state index contributed by atoms with van der Waals surface area (Å²) in [4.78, 5) is 22.1. The lowest BCUT2D eigenvalue weighted by molar-refractivity contribution is -0.141. The molecule has 6 heteroatoms. The molecule has 0 saturated carbocycles. The van der Waals surface area contributed by atoms with Crippen molar-refractivity contribution in [2.75, 3.05) is 13.2 Å². The molecule has 1 atom stereocenters. The minimum absolute atomic E-state index is 0.0455. The molecule has 110 valence electrons. The number of nitrogens with one attached hydrogen (secondary N) is 1. The lowest BCUT2D eigenvalue weighted by atomic mass is 10.1. The monoisotopic (exact) mass is 343 g/mol. The number of carbonyl (C=O) groups is 2. The van der Waals surface area contributed by atoms with E-state index in [1.165, 1.54) is 0 Å². The first kappa shape index (κ1) is 16.5. The Hall–Kier alpha value is -1.56. The van der Waals surface area contributed by atoms with Crippen molar-refractivity contribution in [2.24, 2.45) is 5.92 Å². The van der Waals surface area contributed by atoms with E-state index in [1.54, 1.807) is 19.1 Å². The largest absolute Gasteiger partial charge is 0.484 e. The minimum Gasteiger partial charge on any atom is -0.484 e. The van der Waals surface area contributed by atoms with Crippen LogP contribution in [0.25, 0.3) is 0 Å². The number of amides is 1. The molecule has 0 aliphatic heterocycles. The standard InChI is InChI=1S/C14H18BrNO4/c1-10(14(18)19)3-2-8-16-13(17)9-20-12-6-4-11(15)5-7-12/h4-7,10H,2-3,8-9H2,1H3,(H,16,17)(H,18,19). The van der Waals surface area contributed by atoms with Gasteiger partial charge in [-0.25, -0.2) is 0 Å². The number of carboxylic acid groups (broad SMARTS) is 1. The van der Waals surface area contributed by atoms with Gasteiger partial charge in [-0.1, -0.05) is 22.9 Å². The van der Waals surface area contributed by atoms with E-state index in [1.807, 2.05) is 12.1 Å². The first-order valence-corrected chi connectivity index (χ1v) is 7.16. The second-order valence-corrected chi connectivity index (χ2v) is 5.39. The Morgan fingerprint density at radius 3 is 2.60 bits per heavy atom. The molecular weight excluding hydrogens is 326 g/mol. The van der Waals surface area contributed by atoms with Crippen molar-refractivity contribution in [3.8, 4) is 5.75 Å². The van der Waals surface area contributed by atoms with Crippen LogP contribution in [-0.2, 0) is 9.59 Å². The molecular formula is C14H18BrNO4. The van der Waals surface area contributed by atoms with Crippen molar-refractivity contribution >= 4 is 27.8 Å². The van der Waals surface area contributed by atoms with Crippen LogP contribution in [0.5, 0.6) is 5.75 Å². The Morgan fingerprint density at radius 2 is 2.00 bits per heavy atom. The lowest BCUT2D eigenvalue weighted by Crippen LogP contribution is -2.30. The number of carbonyl (C=O) groups excluding carboxylic acids is 1. The first-order valence-electron chi connectivity index (χ1n) is 6.37. The predicted octanol–water partition coefficient (Wildman–Crippen LogP) is 2.45. The van der Waals surface area contributed by atoms with Crippen molar-refractivity contribution in [2.45, 2.75) is 19.8 Å². The molecule has 0 radical (unpaired) electrons. The summed E-state index contributed by atoms with van der Waals surface area (Å²) in [6.07, 6.45) is 1.18. The molecule has 0 aliphatic carbocycles. The highest BCUT2D eigenvalue weighted by atomic mass is 79.9. The number of ether oxygens (including phenoxy) is 1. The van der Waals surface area contributed by atoms with Crippen LogP contribution in [0.4, 0.5) is 0 Å². The van der Waals surface area contributed by atoms with Gasteiger partial charge in [-0.15, -0.1) is 0 Å². The highest BCUT2D eigenvalue weighted by Gasteiger charge is 2.10. The van der Waals surface area contributed by atoms with Crippen molar-refractivity contribution in [3.05, 3.63) is 28.7 Å². The Morgan fingerprint density at radius 1 is 1.35 bits per heavy atom. The van der Waals surface area contributed by atoms with Gasteiger partial charge in [0.25, 0.3) is 5.91 Å². The molecule has 1 rings (SSSR count). The van der Waals surface area contributed by atoms with E-state index in [4.69, 9.17) is 9.84 Å². The topological polar surface area (TPSA) is 75.6 Å². The fourth-order valence-electron chi connectivity index (χ4n) is 1.49. The number of hydrogen-bond acceptors (Lipinski definition) is 3. The number of halogens is 1. The van der Waals surface area contributed by atoms with Crippen LogP contribution >= 0.6 is 15.9 Å². The van der Waals surface area contributed by atoms with E-state index in [2.05, 4.69) is 21.2 Å². The average molecular weight is 344 g/mol. The van der Waals surface area contributed by atoms with Crippen molar-refractivity contribution in [1.29, 1.82) is 0 Å². The summed E-state index contributed by atoms with van der Waals surface area (Å²) >= 11 is 3.31. The number of benzene rings is 1. The Kier molecular flexibility index (Phi) is 7.08. The molecule has 1 aromatic carbocycles. The molecule has 5 nitrogen and oxygen atoms in total. The SMILES string of the molecule is CC(CCCNC(=O)COc1ccc(Br)cc1)C(=O)O. The lowest BCUT2D eigenvalue weighted by Gasteiger charge is -2.08. The molecule has 1 aromatic rings. The fourth-order valence-corrected chi connectivity index (χ4v) is 1.75. The van der Waals surface area contributed by atoms with Gasteiger partial charge in [0, 0.05) is 11.0 Å². The van der Waals surface area contributed by atoms with E-state index in [9.17, 15) is 9.59 Å². The van der Waals surface area contributed by atoms with Gasteiger partial charge in [0.05, 0.1) is 5.92 Å². The van der Waals surface area contributed by atoms with Gasteiger partial charge >= 0.3 is 5.97 Å².